The fourth-order valence-electron chi connectivity index (χ4n) is 5.98. The van der Waals surface area contributed by atoms with Gasteiger partial charge >= 0.3 is 12.5 Å². The van der Waals surface area contributed by atoms with E-state index in [1.54, 1.807) is 55.2 Å². The number of rotatable bonds is 5. The van der Waals surface area contributed by atoms with Gasteiger partial charge in [0.15, 0.2) is 11.5 Å². The summed E-state index contributed by atoms with van der Waals surface area (Å²) >= 11 is 13.8. The predicted molar refractivity (Wildman–Crippen MR) is 182 cm³/mol. The number of aliphatic imine (C=N–C) groups is 1. The van der Waals surface area contributed by atoms with Crippen LogP contribution >= 0.6 is 35.0 Å². The van der Waals surface area contributed by atoms with Gasteiger partial charge in [-0.15, -0.1) is 8.78 Å². The number of nitriles is 1. The topological polar surface area (TPSA) is 99.5 Å². The van der Waals surface area contributed by atoms with Crippen molar-refractivity contribution >= 4 is 46.6 Å². The molecule has 7 nitrogen and oxygen atoms in total. The molecular weight excluding hydrogens is 722 g/mol. The number of para-hydroxylation sites is 1. The highest BCUT2D eigenvalue weighted by molar-refractivity contribution is 8.00. The highest BCUT2D eigenvalue weighted by atomic mass is 35.5. The molecule has 0 spiro atoms. The van der Waals surface area contributed by atoms with Crippen LogP contribution in [-0.2, 0) is 5.41 Å². The van der Waals surface area contributed by atoms with Crippen LogP contribution in [0.25, 0.3) is 11.1 Å². The van der Waals surface area contributed by atoms with Gasteiger partial charge in [0.25, 0.3) is 5.91 Å². The van der Waals surface area contributed by atoms with Crippen molar-refractivity contribution in [2.24, 2.45) is 4.99 Å². The molecule has 50 heavy (non-hydrogen) atoms. The van der Waals surface area contributed by atoms with Gasteiger partial charge in [0.1, 0.15) is 11.5 Å². The van der Waals surface area contributed by atoms with Crippen LogP contribution in [0.5, 0.6) is 11.5 Å². The number of aryl methyl sites for hydroxylation is 1. The van der Waals surface area contributed by atoms with Gasteiger partial charge in [0.2, 0.25) is 0 Å². The first-order chi connectivity index (χ1) is 23.5. The number of nitrogens with zero attached hydrogens (tertiary/aromatic N) is 2. The summed E-state index contributed by atoms with van der Waals surface area (Å²) in [4.78, 5) is 19.7. The van der Waals surface area contributed by atoms with Gasteiger partial charge in [-0.3, -0.25) is 9.79 Å². The Morgan fingerprint density at radius 1 is 1.04 bits per heavy atom. The molecule has 1 atom stereocenters. The van der Waals surface area contributed by atoms with Gasteiger partial charge in [-0.25, -0.2) is 0 Å². The van der Waals surface area contributed by atoms with E-state index in [2.05, 4.69) is 24.8 Å². The molecule has 260 valence electrons. The minimum absolute atomic E-state index is 0.000539. The van der Waals surface area contributed by atoms with Crippen LogP contribution in [0, 0.1) is 18.3 Å². The third kappa shape index (κ3) is 6.89. The van der Waals surface area contributed by atoms with E-state index in [9.17, 15) is 26.7 Å². The van der Waals surface area contributed by atoms with E-state index in [-0.39, 0.29) is 45.0 Å². The van der Waals surface area contributed by atoms with Crippen molar-refractivity contribution in [2.45, 2.75) is 43.7 Å². The Kier molecular flexibility index (Phi) is 9.35. The molecule has 2 N–H and O–H groups in total. The maximum Gasteiger partial charge on any atom is 0.586 e. The molecular formula is C35H27Cl2F5N4O3S. The maximum atomic E-state index is 14.3. The molecule has 3 aromatic carbocycles. The summed E-state index contributed by atoms with van der Waals surface area (Å²) in [5.41, 5.74) is 0.938. The lowest BCUT2D eigenvalue weighted by Gasteiger charge is -2.38. The molecule has 0 saturated carbocycles. The number of amides is 1. The Bertz CT molecular complexity index is 2040. The van der Waals surface area contributed by atoms with E-state index >= 15 is 0 Å². The Morgan fingerprint density at radius 3 is 2.38 bits per heavy atom. The summed E-state index contributed by atoms with van der Waals surface area (Å²) in [6.07, 6.45) is -5.50. The Hall–Kier alpha value is -4.25. The minimum atomic E-state index is -4.54. The number of hydrogen-bond donors (Lipinski definition) is 2. The third-order valence-corrected chi connectivity index (χ3v) is 10.7. The molecule has 0 aliphatic carbocycles. The number of carbonyl (C=O) groups excluding carboxylic acids is 1. The molecule has 0 radical (unpaired) electrons. The number of benzene rings is 3. The number of aromatic nitrogens is 1. The molecule has 1 fully saturated rings. The molecule has 1 amide bonds. The molecule has 1 aromatic heterocycles. The summed E-state index contributed by atoms with van der Waals surface area (Å²) < 4.78 is 77.7. The van der Waals surface area contributed by atoms with Crippen molar-refractivity contribution in [1.29, 1.82) is 5.26 Å². The zero-order chi connectivity index (χ0) is 36.1. The van der Waals surface area contributed by atoms with Crippen molar-refractivity contribution in [3.05, 3.63) is 105 Å². The molecule has 3 aliphatic rings. The quantitative estimate of drug-likeness (QED) is 0.199. The Labute approximate surface area is 297 Å². The van der Waals surface area contributed by atoms with Crippen LogP contribution in [0.15, 0.2) is 72.0 Å². The van der Waals surface area contributed by atoms with Crippen molar-refractivity contribution in [3.8, 4) is 28.7 Å². The number of halogens is 7. The molecule has 4 heterocycles. The van der Waals surface area contributed by atoms with Gasteiger partial charge in [0.05, 0.1) is 17.6 Å². The lowest BCUT2D eigenvalue weighted by Crippen LogP contribution is -2.55. The smallest absolute Gasteiger partial charge is 0.395 e. The van der Waals surface area contributed by atoms with Crippen LogP contribution < -0.4 is 14.8 Å². The normalized spacial score (nSPS) is 19.8. The van der Waals surface area contributed by atoms with E-state index in [1.165, 1.54) is 30.5 Å². The first kappa shape index (κ1) is 35.6. The summed E-state index contributed by atoms with van der Waals surface area (Å²) in [5, 5.41) is 12.3. The number of thioether (sulfide) groups is 1. The van der Waals surface area contributed by atoms with Crippen LogP contribution in [0.2, 0.25) is 10.0 Å². The van der Waals surface area contributed by atoms with Gasteiger partial charge in [-0.05, 0) is 66.9 Å². The Balaban J connectivity index is 0.000000202. The van der Waals surface area contributed by atoms with Gasteiger partial charge < -0.3 is 19.8 Å². The highest BCUT2D eigenvalue weighted by Crippen LogP contribution is 2.49. The first-order valence-electron chi connectivity index (χ1n) is 15.1. The summed E-state index contributed by atoms with van der Waals surface area (Å²) in [5.74, 6) is 1.45. The predicted octanol–water partition coefficient (Wildman–Crippen LogP) is 9.11. The van der Waals surface area contributed by atoms with Gasteiger partial charge in [0, 0.05) is 62.8 Å². The van der Waals surface area contributed by atoms with Crippen LogP contribution in [0.1, 0.15) is 46.0 Å². The number of H-pyrrole nitrogens is 1. The zero-order valence-electron chi connectivity index (χ0n) is 26.4. The van der Waals surface area contributed by atoms with Crippen molar-refractivity contribution in [2.75, 3.05) is 18.1 Å². The van der Waals surface area contributed by atoms with E-state index in [0.717, 1.165) is 11.5 Å². The van der Waals surface area contributed by atoms with Crippen molar-refractivity contribution in [3.63, 3.8) is 0 Å². The largest absolute Gasteiger partial charge is 0.586 e. The monoisotopic (exact) mass is 748 g/mol. The fraction of sp³-hybridized carbons (Fsp3) is 0.286. The van der Waals surface area contributed by atoms with E-state index < -0.39 is 24.4 Å². The second kappa shape index (κ2) is 13.1. The van der Waals surface area contributed by atoms with E-state index in [0.29, 0.717) is 39.1 Å². The molecule has 7 rings (SSSR count). The number of alkyl halides is 5. The molecule has 4 aromatic rings. The number of carbonyl (C=O) groups is 1. The van der Waals surface area contributed by atoms with Crippen molar-refractivity contribution in [1.82, 2.24) is 10.3 Å². The summed E-state index contributed by atoms with van der Waals surface area (Å²) in [7, 11) is 0. The second-order valence-corrected chi connectivity index (χ2v) is 14.3. The van der Waals surface area contributed by atoms with Crippen molar-refractivity contribution < 1.29 is 36.2 Å². The Morgan fingerprint density at radius 2 is 1.76 bits per heavy atom. The SMILES string of the molecule is Cc1cc(C2=NCC(c3cc(Cl)cc(Cl)c3)(C(F)(F)F)C2)ccc1C(=O)NC1(C)CSC1.N#Cc1c[nH]cc1-c1cccc2c1OC(F)(F)O2. The van der Waals surface area contributed by atoms with Crippen LogP contribution in [0.4, 0.5) is 22.0 Å². The third-order valence-electron chi connectivity index (χ3n) is 8.61. The minimum Gasteiger partial charge on any atom is -0.395 e. The lowest BCUT2D eigenvalue weighted by atomic mass is 9.76. The number of hydrogen-bond acceptors (Lipinski definition) is 6. The lowest BCUT2D eigenvalue weighted by molar-refractivity contribution is -0.286. The second-order valence-electron chi connectivity index (χ2n) is 12.4. The van der Waals surface area contributed by atoms with Crippen LogP contribution in [0.3, 0.4) is 0 Å². The summed E-state index contributed by atoms with van der Waals surface area (Å²) in [6, 6.07) is 15.6. The molecule has 3 aliphatic heterocycles. The van der Waals surface area contributed by atoms with Gasteiger partial charge in [-0.1, -0.05) is 41.4 Å². The first-order valence-corrected chi connectivity index (χ1v) is 17.0. The molecule has 0 bridgehead atoms. The standard InChI is InChI=1S/C23H21Cl2F3N2OS.C12H6F2N2O2/c1-13-5-14(3-4-18(13)20(31)30-21(2)11-32-12-21)19-9-22(10-29-19,23(26,27)28)15-6-16(24)8-17(25)7-15;13-12(14)17-10-3-1-2-8(11(10)18-12)9-6-16-5-7(9)4-15/h3-8H,9-12H2,1-2H3,(H,30,31);1-3,5-6,16H. The van der Waals surface area contributed by atoms with Crippen LogP contribution in [-0.4, -0.2) is 52.7 Å². The molecule has 1 saturated heterocycles. The van der Waals surface area contributed by atoms with E-state index in [4.69, 9.17) is 28.5 Å². The number of nitrogens with one attached hydrogen (secondary N) is 2. The average molecular weight is 750 g/mol. The fourth-order valence-corrected chi connectivity index (χ4v) is 7.47. The summed E-state index contributed by atoms with van der Waals surface area (Å²) in [6.45, 7) is 3.33. The highest BCUT2D eigenvalue weighted by Gasteiger charge is 2.58. The maximum absolute atomic E-state index is 14.3. The molecule has 1 unspecified atom stereocenters. The van der Waals surface area contributed by atoms with E-state index in [1.807, 2.05) is 13.0 Å². The molecule has 15 heteroatoms. The number of fused-ring (bicyclic) bond motifs is 1. The average Bonchev–Trinajstić information content (AvgIpc) is 3.76. The van der Waals surface area contributed by atoms with Gasteiger partial charge in [-0.2, -0.15) is 30.2 Å². The number of aromatic amines is 1. The zero-order valence-corrected chi connectivity index (χ0v) is 28.7. The number of ether oxygens (including phenoxy) is 2.